The summed E-state index contributed by atoms with van der Waals surface area (Å²) < 4.78 is 31.9. The predicted octanol–water partition coefficient (Wildman–Crippen LogP) is 2.51. The minimum Gasteiger partial charge on any atom is -0.465 e. The lowest BCUT2D eigenvalue weighted by Gasteiger charge is -2.23. The zero-order valence-corrected chi connectivity index (χ0v) is 20.5. The first-order valence-corrected chi connectivity index (χ1v) is 12.9. The molecule has 1 saturated carbocycles. The van der Waals surface area contributed by atoms with Crippen molar-refractivity contribution in [1.29, 1.82) is 0 Å². The van der Waals surface area contributed by atoms with Crippen molar-refractivity contribution in [3.63, 3.8) is 0 Å². The molecule has 0 unspecified atom stereocenters. The maximum atomic E-state index is 12.9. The smallest absolute Gasteiger partial charge is 0.321 e. The molecule has 1 aliphatic rings. The van der Waals surface area contributed by atoms with Gasteiger partial charge in [-0.25, -0.2) is 18.4 Å². The van der Waals surface area contributed by atoms with Crippen LogP contribution in [0.1, 0.15) is 49.2 Å². The van der Waals surface area contributed by atoms with E-state index in [4.69, 9.17) is 4.74 Å². The van der Waals surface area contributed by atoms with E-state index in [-0.39, 0.29) is 17.2 Å². The monoisotopic (exact) mass is 489 g/mol. The van der Waals surface area contributed by atoms with Gasteiger partial charge in [-0.1, -0.05) is 6.92 Å². The quantitative estimate of drug-likeness (QED) is 0.435. The van der Waals surface area contributed by atoms with Gasteiger partial charge in [0.1, 0.15) is 24.4 Å². The van der Waals surface area contributed by atoms with Gasteiger partial charge >= 0.3 is 5.97 Å². The van der Waals surface area contributed by atoms with E-state index in [0.29, 0.717) is 17.2 Å². The summed E-state index contributed by atoms with van der Waals surface area (Å²) in [5, 5.41) is 2.79. The summed E-state index contributed by atoms with van der Waals surface area (Å²) in [5.74, 6) is 0.332. The first-order valence-electron chi connectivity index (χ1n) is 11.4. The molecular formula is C23H31N5O5S. The third kappa shape index (κ3) is 6.97. The van der Waals surface area contributed by atoms with Crippen LogP contribution in [-0.4, -0.2) is 56.5 Å². The Labute approximate surface area is 200 Å². The Bertz CT molecular complexity index is 1130. The van der Waals surface area contributed by atoms with Crippen LogP contribution in [0.5, 0.6) is 0 Å². The number of aromatic nitrogens is 2. The minimum atomic E-state index is -3.91. The molecule has 1 aliphatic carbocycles. The van der Waals surface area contributed by atoms with Gasteiger partial charge in [0, 0.05) is 24.8 Å². The first kappa shape index (κ1) is 25.6. The number of carbonyl (C=O) groups excluding carboxylic acids is 2. The second kappa shape index (κ2) is 11.4. The zero-order chi connectivity index (χ0) is 24.7. The maximum absolute atomic E-state index is 12.9. The SMILES string of the molecule is CCCN(CC1CC1)c1cc(C(=O)Nc2ccc(S(=O)(=O)NCC(=O)OCC)cc2C)ncn1. The highest BCUT2D eigenvalue weighted by atomic mass is 32.2. The van der Waals surface area contributed by atoms with Crippen molar-refractivity contribution in [2.24, 2.45) is 5.92 Å². The second-order valence-corrected chi connectivity index (χ2v) is 9.98. The number of aryl methyl sites for hydroxylation is 1. The van der Waals surface area contributed by atoms with E-state index in [9.17, 15) is 18.0 Å². The Morgan fingerprint density at radius 3 is 2.59 bits per heavy atom. The summed E-state index contributed by atoms with van der Waals surface area (Å²) in [6.45, 7) is 6.91. The van der Waals surface area contributed by atoms with Crippen molar-refractivity contribution in [1.82, 2.24) is 14.7 Å². The number of sulfonamides is 1. The van der Waals surface area contributed by atoms with Crippen molar-refractivity contribution in [2.75, 3.05) is 36.5 Å². The number of carbonyl (C=O) groups is 2. The van der Waals surface area contributed by atoms with Crippen LogP contribution in [0.15, 0.2) is 35.5 Å². The number of hydrogen-bond acceptors (Lipinski definition) is 8. The number of anilines is 2. The van der Waals surface area contributed by atoms with Gasteiger partial charge in [-0.2, -0.15) is 4.72 Å². The third-order valence-corrected chi connectivity index (χ3v) is 6.75. The molecule has 11 heteroatoms. The van der Waals surface area contributed by atoms with Crippen LogP contribution < -0.4 is 14.9 Å². The number of hydrogen-bond donors (Lipinski definition) is 2. The number of nitrogens with one attached hydrogen (secondary N) is 2. The molecule has 1 amide bonds. The molecule has 0 aliphatic heterocycles. The third-order valence-electron chi connectivity index (χ3n) is 5.35. The standard InChI is InChI=1S/C23H31N5O5S/c1-4-10-28(14-17-6-7-17)21-12-20(24-15-25-21)23(30)27-19-9-8-18(11-16(19)3)34(31,32)26-13-22(29)33-5-2/h8-9,11-12,15,17,26H,4-7,10,13-14H2,1-3H3,(H,27,30). The molecule has 0 radical (unpaired) electrons. The highest BCUT2D eigenvalue weighted by Gasteiger charge is 2.25. The fourth-order valence-corrected chi connectivity index (χ4v) is 4.46. The van der Waals surface area contributed by atoms with E-state index in [1.54, 1.807) is 19.9 Å². The molecule has 1 heterocycles. The van der Waals surface area contributed by atoms with Gasteiger partial charge in [0.25, 0.3) is 5.91 Å². The molecule has 34 heavy (non-hydrogen) atoms. The van der Waals surface area contributed by atoms with Crippen molar-refractivity contribution >= 4 is 33.4 Å². The van der Waals surface area contributed by atoms with Crippen LogP contribution in [0.3, 0.4) is 0 Å². The lowest BCUT2D eigenvalue weighted by molar-refractivity contribution is -0.141. The Morgan fingerprint density at radius 2 is 1.94 bits per heavy atom. The Morgan fingerprint density at radius 1 is 1.18 bits per heavy atom. The van der Waals surface area contributed by atoms with Gasteiger partial charge in [-0.3, -0.25) is 9.59 Å². The molecule has 1 fully saturated rings. The number of nitrogens with zero attached hydrogens (tertiary/aromatic N) is 3. The van der Waals surface area contributed by atoms with Gasteiger partial charge < -0.3 is 15.0 Å². The summed E-state index contributed by atoms with van der Waals surface area (Å²) in [7, 11) is -3.91. The lowest BCUT2D eigenvalue weighted by Crippen LogP contribution is -2.30. The molecule has 3 rings (SSSR count). The van der Waals surface area contributed by atoms with E-state index in [1.165, 1.54) is 37.4 Å². The molecule has 1 aromatic carbocycles. The Balaban J connectivity index is 1.69. The topological polar surface area (TPSA) is 131 Å². The van der Waals surface area contributed by atoms with Crippen molar-refractivity contribution in [3.05, 3.63) is 41.9 Å². The average Bonchev–Trinajstić information content (AvgIpc) is 3.63. The highest BCUT2D eigenvalue weighted by Crippen LogP contribution is 2.31. The largest absolute Gasteiger partial charge is 0.465 e. The summed E-state index contributed by atoms with van der Waals surface area (Å²) in [6.07, 6.45) is 4.81. The van der Waals surface area contributed by atoms with Crippen LogP contribution in [0.2, 0.25) is 0 Å². The van der Waals surface area contributed by atoms with Gasteiger partial charge in [-0.15, -0.1) is 0 Å². The van der Waals surface area contributed by atoms with Gasteiger partial charge in [-0.05, 0) is 62.8 Å². The van der Waals surface area contributed by atoms with Gasteiger partial charge in [0.2, 0.25) is 10.0 Å². The summed E-state index contributed by atoms with van der Waals surface area (Å²) in [4.78, 5) is 34.9. The molecule has 1 aromatic heterocycles. The van der Waals surface area contributed by atoms with Crippen molar-refractivity contribution in [2.45, 2.75) is 44.9 Å². The van der Waals surface area contributed by atoms with E-state index >= 15 is 0 Å². The molecule has 0 saturated heterocycles. The predicted molar refractivity (Wildman–Crippen MR) is 128 cm³/mol. The minimum absolute atomic E-state index is 0.0214. The van der Waals surface area contributed by atoms with Crippen LogP contribution in [0, 0.1) is 12.8 Å². The van der Waals surface area contributed by atoms with E-state index in [2.05, 4.69) is 31.8 Å². The number of benzene rings is 1. The molecule has 2 N–H and O–H groups in total. The average molecular weight is 490 g/mol. The molecule has 10 nitrogen and oxygen atoms in total. The maximum Gasteiger partial charge on any atom is 0.321 e. The molecule has 2 aromatic rings. The van der Waals surface area contributed by atoms with Crippen molar-refractivity contribution in [3.8, 4) is 0 Å². The number of rotatable bonds is 12. The normalized spacial score (nSPS) is 13.4. The zero-order valence-electron chi connectivity index (χ0n) is 19.7. The summed E-state index contributed by atoms with van der Waals surface area (Å²) in [6, 6.07) is 5.97. The lowest BCUT2D eigenvalue weighted by atomic mass is 10.2. The first-order chi connectivity index (χ1) is 16.2. The number of amides is 1. The van der Waals surface area contributed by atoms with E-state index < -0.39 is 28.4 Å². The molecular weight excluding hydrogens is 458 g/mol. The van der Waals surface area contributed by atoms with Gasteiger partial charge in [0.15, 0.2) is 0 Å². The Hall–Kier alpha value is -3.05. The van der Waals surface area contributed by atoms with Gasteiger partial charge in [0.05, 0.1) is 11.5 Å². The van der Waals surface area contributed by atoms with Crippen LogP contribution in [-0.2, 0) is 19.6 Å². The van der Waals surface area contributed by atoms with Crippen LogP contribution >= 0.6 is 0 Å². The van der Waals surface area contributed by atoms with E-state index in [1.807, 2.05) is 0 Å². The number of ether oxygens (including phenoxy) is 1. The fraction of sp³-hybridized carbons (Fsp3) is 0.478. The molecule has 0 bridgehead atoms. The molecule has 0 atom stereocenters. The summed E-state index contributed by atoms with van der Waals surface area (Å²) in [5.41, 5.74) is 1.23. The van der Waals surface area contributed by atoms with E-state index in [0.717, 1.165) is 25.3 Å². The van der Waals surface area contributed by atoms with Crippen LogP contribution in [0.4, 0.5) is 11.5 Å². The number of esters is 1. The van der Waals surface area contributed by atoms with Crippen molar-refractivity contribution < 1.29 is 22.7 Å². The molecule has 184 valence electrons. The summed E-state index contributed by atoms with van der Waals surface area (Å²) >= 11 is 0. The van der Waals surface area contributed by atoms with Crippen LogP contribution in [0.25, 0.3) is 0 Å². The molecule has 0 spiro atoms. The highest BCUT2D eigenvalue weighted by molar-refractivity contribution is 7.89. The Kier molecular flexibility index (Phi) is 8.56. The second-order valence-electron chi connectivity index (χ2n) is 8.21. The fourth-order valence-electron chi connectivity index (χ4n) is 3.40.